The molecule has 0 aliphatic carbocycles. The zero-order valence-corrected chi connectivity index (χ0v) is 11.9. The molecule has 0 saturated carbocycles. The van der Waals surface area contributed by atoms with E-state index in [2.05, 4.69) is 18.8 Å². The molecule has 0 bridgehead atoms. The van der Waals surface area contributed by atoms with Gasteiger partial charge in [-0.3, -0.25) is 4.57 Å². The van der Waals surface area contributed by atoms with Crippen molar-refractivity contribution in [3.8, 4) is 11.8 Å². The third-order valence-corrected chi connectivity index (χ3v) is 4.63. The minimum absolute atomic E-state index is 0.528. The van der Waals surface area contributed by atoms with Gasteiger partial charge in [-0.25, -0.2) is 0 Å². The first kappa shape index (κ1) is 15.0. The molecule has 0 heterocycles. The summed E-state index contributed by atoms with van der Waals surface area (Å²) in [6.07, 6.45) is 1.75. The van der Waals surface area contributed by atoms with Crippen LogP contribution >= 0.6 is 7.60 Å². The lowest BCUT2D eigenvalue weighted by Gasteiger charge is -2.20. The SMILES string of the molecule is CCCC#CC(c1ccccc1)P(=O)(OC)OC. The van der Waals surface area contributed by atoms with Crippen molar-refractivity contribution in [2.45, 2.75) is 25.4 Å². The molecule has 0 saturated heterocycles. The fourth-order valence-electron chi connectivity index (χ4n) is 1.56. The van der Waals surface area contributed by atoms with E-state index in [1.165, 1.54) is 14.2 Å². The van der Waals surface area contributed by atoms with Gasteiger partial charge < -0.3 is 9.05 Å². The highest BCUT2D eigenvalue weighted by Gasteiger charge is 2.33. The maximum atomic E-state index is 12.5. The maximum Gasteiger partial charge on any atom is 0.349 e. The van der Waals surface area contributed by atoms with Crippen LogP contribution in [0, 0.1) is 11.8 Å². The van der Waals surface area contributed by atoms with E-state index in [1.54, 1.807) is 0 Å². The summed E-state index contributed by atoms with van der Waals surface area (Å²) in [4.78, 5) is 0. The predicted molar refractivity (Wildman–Crippen MR) is 73.5 cm³/mol. The van der Waals surface area contributed by atoms with Crippen LogP contribution in [-0.2, 0) is 13.6 Å². The van der Waals surface area contributed by atoms with Crippen molar-refractivity contribution in [1.82, 2.24) is 0 Å². The zero-order valence-electron chi connectivity index (χ0n) is 11.1. The highest BCUT2D eigenvalue weighted by molar-refractivity contribution is 7.54. The number of unbranched alkanes of at least 4 members (excludes halogenated alkanes) is 1. The lowest BCUT2D eigenvalue weighted by molar-refractivity contribution is 0.271. The number of hydrogen-bond acceptors (Lipinski definition) is 3. The first-order valence-corrected chi connectivity index (χ1v) is 7.53. The van der Waals surface area contributed by atoms with E-state index in [0.29, 0.717) is 0 Å². The molecule has 4 heteroatoms. The quantitative estimate of drug-likeness (QED) is 0.596. The molecule has 0 aliphatic heterocycles. The number of hydrogen-bond donors (Lipinski definition) is 0. The molecule has 1 aromatic rings. The van der Waals surface area contributed by atoms with Crippen LogP contribution in [0.5, 0.6) is 0 Å². The molecule has 98 valence electrons. The van der Waals surface area contributed by atoms with Gasteiger partial charge in [-0.15, -0.1) is 5.92 Å². The zero-order chi connectivity index (χ0) is 13.4. The van der Waals surface area contributed by atoms with Gasteiger partial charge >= 0.3 is 7.60 Å². The van der Waals surface area contributed by atoms with Gasteiger partial charge in [-0.1, -0.05) is 43.2 Å². The van der Waals surface area contributed by atoms with Crippen LogP contribution in [0.25, 0.3) is 0 Å². The van der Waals surface area contributed by atoms with Crippen molar-refractivity contribution in [2.75, 3.05) is 14.2 Å². The first-order valence-electron chi connectivity index (χ1n) is 5.92. The predicted octanol–water partition coefficient (Wildman–Crippen LogP) is 4.02. The Hall–Kier alpha value is -1.07. The molecule has 0 aromatic heterocycles. The van der Waals surface area contributed by atoms with Crippen LogP contribution in [0.2, 0.25) is 0 Å². The van der Waals surface area contributed by atoms with Gasteiger partial charge in [0.2, 0.25) is 0 Å². The van der Waals surface area contributed by atoms with Crippen LogP contribution in [-0.4, -0.2) is 14.2 Å². The Morgan fingerprint density at radius 2 is 1.83 bits per heavy atom. The highest BCUT2D eigenvalue weighted by Crippen LogP contribution is 2.59. The largest absolute Gasteiger partial charge is 0.349 e. The minimum Gasteiger partial charge on any atom is -0.311 e. The summed E-state index contributed by atoms with van der Waals surface area (Å²) in [5, 5.41) is 0. The number of rotatable bonds is 5. The molecule has 18 heavy (non-hydrogen) atoms. The third kappa shape index (κ3) is 3.71. The Balaban J connectivity index is 3.12. The van der Waals surface area contributed by atoms with Crippen LogP contribution in [0.1, 0.15) is 31.0 Å². The maximum absolute atomic E-state index is 12.5. The van der Waals surface area contributed by atoms with E-state index in [1.807, 2.05) is 30.3 Å². The standard InChI is InChI=1S/C14H19O3P/c1-4-5-7-12-14(18(15,16-2)17-3)13-10-8-6-9-11-13/h6,8-11,14H,4-5H2,1-3H3. The van der Waals surface area contributed by atoms with E-state index in [4.69, 9.17) is 9.05 Å². The average molecular weight is 266 g/mol. The second-order valence-electron chi connectivity index (χ2n) is 3.79. The molecule has 0 N–H and O–H groups in total. The molecule has 0 spiro atoms. The Morgan fingerprint density at radius 1 is 1.22 bits per heavy atom. The lowest BCUT2D eigenvalue weighted by atomic mass is 10.1. The van der Waals surface area contributed by atoms with Gasteiger partial charge in [0.1, 0.15) is 5.66 Å². The van der Waals surface area contributed by atoms with E-state index in [0.717, 1.165) is 18.4 Å². The summed E-state index contributed by atoms with van der Waals surface area (Å²) in [5.74, 6) is 6.04. The van der Waals surface area contributed by atoms with Gasteiger partial charge in [-0.2, -0.15) is 0 Å². The summed E-state index contributed by atoms with van der Waals surface area (Å²) in [6, 6.07) is 9.45. The molecule has 3 nitrogen and oxygen atoms in total. The molecule has 0 fully saturated rings. The van der Waals surface area contributed by atoms with E-state index in [9.17, 15) is 4.57 Å². The van der Waals surface area contributed by atoms with Gasteiger partial charge in [-0.05, 0) is 12.0 Å². The Morgan fingerprint density at radius 3 is 2.33 bits per heavy atom. The van der Waals surface area contributed by atoms with Crippen LogP contribution < -0.4 is 0 Å². The van der Waals surface area contributed by atoms with E-state index in [-0.39, 0.29) is 0 Å². The molecule has 0 amide bonds. The third-order valence-electron chi connectivity index (χ3n) is 2.55. The summed E-state index contributed by atoms with van der Waals surface area (Å²) in [5.41, 5.74) is 0.327. The smallest absolute Gasteiger partial charge is 0.311 e. The fraction of sp³-hybridized carbons (Fsp3) is 0.429. The molecule has 1 atom stereocenters. The number of benzene rings is 1. The summed E-state index contributed by atoms with van der Waals surface area (Å²) < 4.78 is 22.6. The first-order chi connectivity index (χ1) is 8.68. The monoisotopic (exact) mass is 266 g/mol. The summed E-state index contributed by atoms with van der Waals surface area (Å²) in [6.45, 7) is 2.05. The minimum atomic E-state index is -3.23. The molecular weight excluding hydrogens is 247 g/mol. The van der Waals surface area contributed by atoms with E-state index < -0.39 is 13.3 Å². The normalized spacial score (nSPS) is 12.6. The van der Waals surface area contributed by atoms with Crippen molar-refractivity contribution in [1.29, 1.82) is 0 Å². The van der Waals surface area contributed by atoms with Crippen molar-refractivity contribution >= 4 is 7.60 Å². The van der Waals surface area contributed by atoms with Gasteiger partial charge in [0.15, 0.2) is 0 Å². The molecule has 1 rings (SSSR count). The Labute approximate surface area is 109 Å². The second-order valence-corrected chi connectivity index (χ2v) is 6.12. The van der Waals surface area contributed by atoms with Crippen molar-refractivity contribution in [3.05, 3.63) is 35.9 Å². The fourth-order valence-corrected chi connectivity index (χ4v) is 2.92. The lowest BCUT2D eigenvalue weighted by Crippen LogP contribution is -2.01. The molecule has 1 unspecified atom stereocenters. The van der Waals surface area contributed by atoms with Crippen LogP contribution in [0.3, 0.4) is 0 Å². The summed E-state index contributed by atoms with van der Waals surface area (Å²) in [7, 11) is -0.446. The van der Waals surface area contributed by atoms with Crippen LogP contribution in [0.15, 0.2) is 30.3 Å². The Bertz CT molecular complexity index is 451. The van der Waals surface area contributed by atoms with Gasteiger partial charge in [0.05, 0.1) is 0 Å². The summed E-state index contributed by atoms with van der Waals surface area (Å²) >= 11 is 0. The van der Waals surface area contributed by atoms with Gasteiger partial charge in [0.25, 0.3) is 0 Å². The Kier molecular flexibility index (Phi) is 6.15. The van der Waals surface area contributed by atoms with Crippen molar-refractivity contribution in [2.24, 2.45) is 0 Å². The van der Waals surface area contributed by atoms with Crippen molar-refractivity contribution < 1.29 is 13.6 Å². The average Bonchev–Trinajstić information content (AvgIpc) is 2.44. The van der Waals surface area contributed by atoms with Gasteiger partial charge in [0, 0.05) is 20.6 Å². The second kappa shape index (κ2) is 7.38. The molecular formula is C14H19O3P. The molecule has 0 radical (unpaired) electrons. The van der Waals surface area contributed by atoms with E-state index >= 15 is 0 Å². The van der Waals surface area contributed by atoms with Crippen molar-refractivity contribution in [3.63, 3.8) is 0 Å². The molecule has 1 aromatic carbocycles. The highest BCUT2D eigenvalue weighted by atomic mass is 31.2. The molecule has 0 aliphatic rings. The topological polar surface area (TPSA) is 35.5 Å². The van der Waals surface area contributed by atoms with Crippen LogP contribution in [0.4, 0.5) is 0 Å².